The van der Waals surface area contributed by atoms with Crippen LogP contribution >= 0.6 is 23.4 Å². The van der Waals surface area contributed by atoms with Crippen molar-refractivity contribution in [3.05, 3.63) is 29.3 Å². The number of rotatable bonds is 7. The Morgan fingerprint density at radius 1 is 1.41 bits per heavy atom. The Morgan fingerprint density at radius 3 is 2.86 bits per heavy atom. The number of benzene rings is 1. The second kappa shape index (κ2) is 8.19. The molecule has 1 atom stereocenters. The molecule has 118 valence electrons. The average molecular weight is 341 g/mol. The molecular weight excluding hydrogens is 324 g/mol. The molecule has 0 aliphatic rings. The molecule has 22 heavy (non-hydrogen) atoms. The van der Waals surface area contributed by atoms with Crippen LogP contribution in [0, 0.1) is 0 Å². The molecular formula is C15H17ClN2O3S. The zero-order valence-corrected chi connectivity index (χ0v) is 14.0. The highest BCUT2D eigenvalue weighted by atomic mass is 35.5. The van der Waals surface area contributed by atoms with Gasteiger partial charge in [-0.3, -0.25) is 4.79 Å². The standard InChI is InChI=1S/C15H17ClN2O3S/c1-3-4-9-12(14(19)20-2)22-15-18-17-13(21-15)10-7-5-6-8-11(10)16/h5-8,12H,3-4,9H2,1-2H3/t12-/m0/s1. The van der Waals surface area contributed by atoms with Crippen LogP contribution in [-0.2, 0) is 9.53 Å². The first-order chi connectivity index (χ1) is 10.7. The second-order valence-electron chi connectivity index (χ2n) is 4.62. The lowest BCUT2D eigenvalue weighted by molar-refractivity contribution is -0.140. The van der Waals surface area contributed by atoms with Crippen LogP contribution in [0.3, 0.4) is 0 Å². The summed E-state index contributed by atoms with van der Waals surface area (Å²) in [5.41, 5.74) is 0.673. The maximum absolute atomic E-state index is 11.8. The molecule has 5 nitrogen and oxygen atoms in total. The molecule has 0 saturated carbocycles. The van der Waals surface area contributed by atoms with E-state index in [1.807, 2.05) is 12.1 Å². The molecule has 0 fully saturated rings. The minimum atomic E-state index is -0.343. The number of ether oxygens (including phenoxy) is 1. The van der Waals surface area contributed by atoms with Crippen molar-refractivity contribution in [2.75, 3.05) is 7.11 Å². The highest BCUT2D eigenvalue weighted by Crippen LogP contribution is 2.31. The van der Waals surface area contributed by atoms with Crippen LogP contribution < -0.4 is 0 Å². The first-order valence-corrected chi connectivity index (χ1v) is 8.24. The Kier molecular flexibility index (Phi) is 6.27. The van der Waals surface area contributed by atoms with Gasteiger partial charge in [-0.2, -0.15) is 0 Å². The largest absolute Gasteiger partial charge is 0.468 e. The fourth-order valence-electron chi connectivity index (χ4n) is 1.87. The second-order valence-corrected chi connectivity index (χ2v) is 6.19. The van der Waals surface area contributed by atoms with E-state index >= 15 is 0 Å². The molecule has 0 aliphatic carbocycles. The van der Waals surface area contributed by atoms with Gasteiger partial charge in [-0.25, -0.2) is 0 Å². The number of aromatic nitrogens is 2. The molecule has 0 unspecified atom stereocenters. The summed E-state index contributed by atoms with van der Waals surface area (Å²) < 4.78 is 10.4. The van der Waals surface area contributed by atoms with Crippen LogP contribution in [0.4, 0.5) is 0 Å². The lowest BCUT2D eigenvalue weighted by Gasteiger charge is -2.10. The van der Waals surface area contributed by atoms with E-state index in [4.69, 9.17) is 20.8 Å². The van der Waals surface area contributed by atoms with E-state index in [9.17, 15) is 4.79 Å². The van der Waals surface area contributed by atoms with Gasteiger partial charge in [0.1, 0.15) is 5.25 Å². The number of carbonyl (C=O) groups is 1. The number of hydrogen-bond acceptors (Lipinski definition) is 6. The van der Waals surface area contributed by atoms with Crippen molar-refractivity contribution in [3.63, 3.8) is 0 Å². The van der Waals surface area contributed by atoms with Crippen molar-refractivity contribution in [2.24, 2.45) is 0 Å². The summed E-state index contributed by atoms with van der Waals surface area (Å²) >= 11 is 7.33. The Morgan fingerprint density at radius 2 is 2.18 bits per heavy atom. The molecule has 7 heteroatoms. The number of carbonyl (C=O) groups excluding carboxylic acids is 1. The van der Waals surface area contributed by atoms with E-state index in [2.05, 4.69) is 17.1 Å². The molecule has 1 aromatic carbocycles. The third-order valence-electron chi connectivity index (χ3n) is 3.04. The summed E-state index contributed by atoms with van der Waals surface area (Å²) in [7, 11) is 1.38. The number of hydrogen-bond donors (Lipinski definition) is 0. The summed E-state index contributed by atoms with van der Waals surface area (Å²) in [6.45, 7) is 2.07. The number of nitrogens with zero attached hydrogens (tertiary/aromatic N) is 2. The quantitative estimate of drug-likeness (QED) is 0.555. The minimum absolute atomic E-state index is 0.282. The van der Waals surface area contributed by atoms with Crippen LogP contribution in [-0.4, -0.2) is 28.5 Å². The molecule has 0 amide bonds. The van der Waals surface area contributed by atoms with Crippen molar-refractivity contribution in [1.82, 2.24) is 10.2 Å². The van der Waals surface area contributed by atoms with E-state index < -0.39 is 0 Å². The fraction of sp³-hybridized carbons (Fsp3) is 0.400. The van der Waals surface area contributed by atoms with Gasteiger partial charge in [0.2, 0.25) is 5.89 Å². The lowest BCUT2D eigenvalue weighted by Crippen LogP contribution is -2.18. The fourth-order valence-corrected chi connectivity index (χ4v) is 3.02. The Bertz CT molecular complexity index is 633. The zero-order chi connectivity index (χ0) is 15.9. The topological polar surface area (TPSA) is 65.2 Å². The third-order valence-corrected chi connectivity index (χ3v) is 4.45. The first-order valence-electron chi connectivity index (χ1n) is 6.98. The highest BCUT2D eigenvalue weighted by molar-refractivity contribution is 8.00. The SMILES string of the molecule is CCCC[C@H](Sc1nnc(-c2ccccc2Cl)o1)C(=O)OC. The van der Waals surface area contributed by atoms with Gasteiger partial charge in [0.05, 0.1) is 17.7 Å². The predicted octanol–water partition coefficient (Wildman–Crippen LogP) is 4.21. The Hall–Kier alpha value is -1.53. The van der Waals surface area contributed by atoms with Crippen LogP contribution in [0.1, 0.15) is 26.2 Å². The Balaban J connectivity index is 2.13. The number of unbranched alkanes of at least 4 members (excludes halogenated alkanes) is 1. The smallest absolute Gasteiger partial charge is 0.319 e. The van der Waals surface area contributed by atoms with E-state index in [0.717, 1.165) is 12.8 Å². The van der Waals surface area contributed by atoms with Gasteiger partial charge in [-0.05, 0) is 18.6 Å². The molecule has 0 saturated heterocycles. The van der Waals surface area contributed by atoms with Gasteiger partial charge in [-0.1, -0.05) is 55.3 Å². The van der Waals surface area contributed by atoms with Crippen LogP contribution in [0.5, 0.6) is 0 Å². The molecule has 0 bridgehead atoms. The molecule has 0 aliphatic heterocycles. The number of esters is 1. The highest BCUT2D eigenvalue weighted by Gasteiger charge is 2.23. The van der Waals surface area contributed by atoms with Crippen molar-refractivity contribution in [1.29, 1.82) is 0 Å². The van der Waals surface area contributed by atoms with Crippen LogP contribution in [0.15, 0.2) is 33.9 Å². The van der Waals surface area contributed by atoms with E-state index in [-0.39, 0.29) is 11.2 Å². The maximum atomic E-state index is 11.8. The van der Waals surface area contributed by atoms with Gasteiger partial charge in [-0.15, -0.1) is 10.2 Å². The van der Waals surface area contributed by atoms with Gasteiger partial charge < -0.3 is 9.15 Å². The first kappa shape index (κ1) is 16.8. The summed E-state index contributed by atoms with van der Waals surface area (Å²) in [4.78, 5) is 11.8. The van der Waals surface area contributed by atoms with Crippen LogP contribution in [0.2, 0.25) is 5.02 Å². The van der Waals surface area contributed by atoms with Crippen molar-refractivity contribution in [3.8, 4) is 11.5 Å². The van der Waals surface area contributed by atoms with Crippen molar-refractivity contribution < 1.29 is 13.9 Å². The van der Waals surface area contributed by atoms with Gasteiger partial charge in [0.15, 0.2) is 0 Å². The maximum Gasteiger partial charge on any atom is 0.319 e. The zero-order valence-electron chi connectivity index (χ0n) is 12.4. The molecule has 1 aromatic heterocycles. The van der Waals surface area contributed by atoms with E-state index in [0.29, 0.717) is 28.1 Å². The van der Waals surface area contributed by atoms with Crippen LogP contribution in [0.25, 0.3) is 11.5 Å². The molecule has 2 aromatic rings. The number of halogens is 1. The monoisotopic (exact) mass is 340 g/mol. The van der Waals surface area contributed by atoms with E-state index in [1.165, 1.54) is 18.9 Å². The Labute approximate surface area is 138 Å². The average Bonchev–Trinajstić information content (AvgIpc) is 2.99. The van der Waals surface area contributed by atoms with Gasteiger partial charge in [0.25, 0.3) is 5.22 Å². The summed E-state index contributed by atoms with van der Waals surface area (Å²) in [5.74, 6) is 0.0585. The summed E-state index contributed by atoms with van der Waals surface area (Å²) in [6, 6.07) is 7.23. The van der Waals surface area contributed by atoms with Crippen molar-refractivity contribution in [2.45, 2.75) is 36.7 Å². The molecule has 0 N–H and O–H groups in total. The predicted molar refractivity (Wildman–Crippen MR) is 85.9 cm³/mol. The molecule has 1 heterocycles. The van der Waals surface area contributed by atoms with Gasteiger partial charge >= 0.3 is 5.97 Å². The lowest BCUT2D eigenvalue weighted by atomic mass is 10.2. The third kappa shape index (κ3) is 4.24. The van der Waals surface area contributed by atoms with Crippen molar-refractivity contribution >= 4 is 29.3 Å². The summed E-state index contributed by atoms with van der Waals surface area (Å²) in [6.07, 6.45) is 2.64. The number of methoxy groups -OCH3 is 1. The van der Waals surface area contributed by atoms with E-state index in [1.54, 1.807) is 12.1 Å². The number of thioether (sulfide) groups is 1. The normalized spacial score (nSPS) is 12.1. The minimum Gasteiger partial charge on any atom is -0.468 e. The van der Waals surface area contributed by atoms with Gasteiger partial charge in [0, 0.05) is 0 Å². The molecule has 0 spiro atoms. The molecule has 0 radical (unpaired) electrons. The summed E-state index contributed by atoms with van der Waals surface area (Å²) in [5, 5.41) is 8.50. The molecule has 2 rings (SSSR count).